The Bertz CT molecular complexity index is 362. The smallest absolute Gasteiger partial charge is 0.147 e. The molecule has 15 heavy (non-hydrogen) atoms. The van der Waals surface area contributed by atoms with Gasteiger partial charge in [-0.15, -0.1) is 0 Å². The lowest BCUT2D eigenvalue weighted by Gasteiger charge is -2.21. The van der Waals surface area contributed by atoms with E-state index < -0.39 is 0 Å². The molecule has 2 heterocycles. The molecule has 1 unspecified atom stereocenters. The van der Waals surface area contributed by atoms with Crippen molar-refractivity contribution in [3.05, 3.63) is 18.1 Å². The Hall–Kier alpha value is -1.23. The number of nitrogens with zero attached hydrogens (tertiary/aromatic N) is 3. The van der Waals surface area contributed by atoms with Gasteiger partial charge in [0, 0.05) is 12.6 Å². The second-order valence-corrected chi connectivity index (χ2v) is 4.25. The van der Waals surface area contributed by atoms with Crippen LogP contribution in [0, 0.1) is 0 Å². The molecule has 1 aliphatic heterocycles. The number of hydrogen-bond donors (Lipinski definition) is 1. The van der Waals surface area contributed by atoms with Crippen molar-refractivity contribution in [2.75, 3.05) is 11.4 Å². The molecule has 2 rings (SSSR count). The first-order valence-corrected chi connectivity index (χ1v) is 5.48. The molecule has 80 valence electrons. The molecule has 0 bridgehead atoms. The maximum Gasteiger partial charge on any atom is 0.147 e. The lowest BCUT2D eigenvalue weighted by atomic mass is 10.2. The number of anilines is 1. The van der Waals surface area contributed by atoms with E-state index in [1.54, 1.807) is 12.4 Å². The van der Waals surface area contributed by atoms with Gasteiger partial charge in [0.1, 0.15) is 16.5 Å². The van der Waals surface area contributed by atoms with Crippen molar-refractivity contribution < 1.29 is 0 Å². The van der Waals surface area contributed by atoms with Gasteiger partial charge in [0.15, 0.2) is 0 Å². The topological polar surface area (TPSA) is 55.0 Å². The third-order valence-corrected chi connectivity index (χ3v) is 2.95. The van der Waals surface area contributed by atoms with Crippen molar-refractivity contribution in [3.63, 3.8) is 0 Å². The standard InChI is InChI=1S/C10H14N4S/c1-7-3-2-4-14(7)9-6-12-8(5-13-9)10(11)15/h5-7H,2-4H2,1H3,(H2,11,15). The van der Waals surface area contributed by atoms with Crippen molar-refractivity contribution in [3.8, 4) is 0 Å². The second kappa shape index (κ2) is 4.10. The van der Waals surface area contributed by atoms with Gasteiger partial charge in [-0.2, -0.15) is 0 Å². The molecule has 0 saturated carbocycles. The first kappa shape index (κ1) is 10.3. The highest BCUT2D eigenvalue weighted by Crippen LogP contribution is 2.22. The number of nitrogens with two attached hydrogens (primary N) is 1. The Balaban J connectivity index is 2.19. The minimum Gasteiger partial charge on any atom is -0.388 e. The van der Waals surface area contributed by atoms with Crippen LogP contribution in [-0.2, 0) is 0 Å². The monoisotopic (exact) mass is 222 g/mol. The van der Waals surface area contributed by atoms with Crippen LogP contribution in [0.25, 0.3) is 0 Å². The molecule has 1 aliphatic rings. The molecule has 1 atom stereocenters. The molecule has 1 aromatic heterocycles. The van der Waals surface area contributed by atoms with E-state index in [9.17, 15) is 0 Å². The van der Waals surface area contributed by atoms with E-state index in [1.807, 2.05) is 0 Å². The average molecular weight is 222 g/mol. The lowest BCUT2D eigenvalue weighted by molar-refractivity contribution is 0.725. The van der Waals surface area contributed by atoms with Crippen LogP contribution in [0.2, 0.25) is 0 Å². The first-order chi connectivity index (χ1) is 7.18. The SMILES string of the molecule is CC1CCCN1c1cnc(C(N)=S)cn1. The van der Waals surface area contributed by atoms with Gasteiger partial charge in [-0.1, -0.05) is 12.2 Å². The minimum absolute atomic E-state index is 0.295. The second-order valence-electron chi connectivity index (χ2n) is 3.81. The molecule has 1 aromatic rings. The largest absolute Gasteiger partial charge is 0.388 e. The third-order valence-electron chi connectivity index (χ3n) is 2.74. The van der Waals surface area contributed by atoms with Crippen LogP contribution in [0.4, 0.5) is 5.82 Å². The highest BCUT2D eigenvalue weighted by molar-refractivity contribution is 7.80. The van der Waals surface area contributed by atoms with Crippen LogP contribution in [0.1, 0.15) is 25.5 Å². The zero-order chi connectivity index (χ0) is 10.8. The van der Waals surface area contributed by atoms with Crippen LogP contribution in [0.15, 0.2) is 12.4 Å². The Labute approximate surface area is 94.5 Å². The van der Waals surface area contributed by atoms with E-state index in [4.69, 9.17) is 18.0 Å². The molecular weight excluding hydrogens is 208 g/mol. The predicted octanol–water partition coefficient (Wildman–Crippen LogP) is 1.10. The highest BCUT2D eigenvalue weighted by atomic mass is 32.1. The summed E-state index contributed by atoms with van der Waals surface area (Å²) in [7, 11) is 0. The molecule has 2 N–H and O–H groups in total. The van der Waals surface area contributed by atoms with Crippen LogP contribution in [0.3, 0.4) is 0 Å². The Morgan fingerprint density at radius 1 is 1.53 bits per heavy atom. The van der Waals surface area contributed by atoms with Crippen molar-refractivity contribution >= 4 is 23.0 Å². The molecular formula is C10H14N4S. The van der Waals surface area contributed by atoms with Crippen LogP contribution >= 0.6 is 12.2 Å². The zero-order valence-electron chi connectivity index (χ0n) is 8.68. The average Bonchev–Trinajstić information content (AvgIpc) is 2.65. The predicted molar refractivity (Wildman–Crippen MR) is 64.0 cm³/mol. The van der Waals surface area contributed by atoms with Gasteiger partial charge in [-0.3, -0.25) is 0 Å². The fourth-order valence-corrected chi connectivity index (χ4v) is 1.98. The molecule has 5 heteroatoms. The zero-order valence-corrected chi connectivity index (χ0v) is 9.50. The van der Waals surface area contributed by atoms with Crippen molar-refractivity contribution in [2.45, 2.75) is 25.8 Å². The molecule has 0 spiro atoms. The van der Waals surface area contributed by atoms with E-state index in [2.05, 4.69) is 21.8 Å². The summed E-state index contributed by atoms with van der Waals surface area (Å²) in [5, 5.41) is 0. The summed E-state index contributed by atoms with van der Waals surface area (Å²) < 4.78 is 0. The Morgan fingerprint density at radius 2 is 2.33 bits per heavy atom. The van der Waals surface area contributed by atoms with Crippen LogP contribution < -0.4 is 10.6 Å². The molecule has 0 aromatic carbocycles. The fourth-order valence-electron chi connectivity index (χ4n) is 1.87. The summed E-state index contributed by atoms with van der Waals surface area (Å²) in [5.41, 5.74) is 6.04. The van der Waals surface area contributed by atoms with Gasteiger partial charge < -0.3 is 10.6 Å². The van der Waals surface area contributed by atoms with E-state index in [0.717, 1.165) is 12.4 Å². The van der Waals surface area contributed by atoms with E-state index in [1.165, 1.54) is 12.8 Å². The van der Waals surface area contributed by atoms with Gasteiger partial charge in [-0.25, -0.2) is 9.97 Å². The van der Waals surface area contributed by atoms with Crippen molar-refractivity contribution in [1.82, 2.24) is 9.97 Å². The molecule has 4 nitrogen and oxygen atoms in total. The molecule has 1 fully saturated rings. The fraction of sp³-hybridized carbons (Fsp3) is 0.500. The van der Waals surface area contributed by atoms with E-state index in [-0.39, 0.29) is 0 Å². The summed E-state index contributed by atoms with van der Waals surface area (Å²) in [6.07, 6.45) is 5.83. The minimum atomic E-state index is 0.295. The number of hydrogen-bond acceptors (Lipinski definition) is 4. The summed E-state index contributed by atoms with van der Waals surface area (Å²) >= 11 is 4.82. The maximum atomic E-state index is 5.46. The molecule has 0 radical (unpaired) electrons. The third kappa shape index (κ3) is 2.07. The number of aromatic nitrogens is 2. The molecule has 1 saturated heterocycles. The maximum absolute atomic E-state index is 5.46. The molecule has 0 aliphatic carbocycles. The summed E-state index contributed by atoms with van der Waals surface area (Å²) in [6.45, 7) is 3.26. The normalized spacial score (nSPS) is 20.6. The highest BCUT2D eigenvalue weighted by Gasteiger charge is 2.21. The van der Waals surface area contributed by atoms with Crippen LogP contribution in [-0.4, -0.2) is 27.5 Å². The number of rotatable bonds is 2. The van der Waals surface area contributed by atoms with Crippen molar-refractivity contribution in [1.29, 1.82) is 0 Å². The van der Waals surface area contributed by atoms with Gasteiger partial charge >= 0.3 is 0 Å². The van der Waals surface area contributed by atoms with Gasteiger partial charge in [0.05, 0.1) is 12.4 Å². The molecule has 0 amide bonds. The van der Waals surface area contributed by atoms with E-state index in [0.29, 0.717) is 16.7 Å². The van der Waals surface area contributed by atoms with Crippen molar-refractivity contribution in [2.24, 2.45) is 5.73 Å². The Kier molecular flexibility index (Phi) is 2.81. The first-order valence-electron chi connectivity index (χ1n) is 5.07. The Morgan fingerprint density at radius 3 is 2.80 bits per heavy atom. The van der Waals surface area contributed by atoms with Gasteiger partial charge in [-0.05, 0) is 19.8 Å². The van der Waals surface area contributed by atoms with Gasteiger partial charge in [0.25, 0.3) is 0 Å². The summed E-state index contributed by atoms with van der Waals surface area (Å²) in [4.78, 5) is 11.1. The van der Waals surface area contributed by atoms with E-state index >= 15 is 0 Å². The number of thiocarbonyl (C=S) groups is 1. The van der Waals surface area contributed by atoms with Gasteiger partial charge in [0.2, 0.25) is 0 Å². The lowest BCUT2D eigenvalue weighted by Crippen LogP contribution is -2.27. The quantitative estimate of drug-likeness (QED) is 0.759. The summed E-state index contributed by atoms with van der Waals surface area (Å²) in [6, 6.07) is 0.551. The summed E-state index contributed by atoms with van der Waals surface area (Å²) in [5.74, 6) is 0.917. The van der Waals surface area contributed by atoms with Crippen LogP contribution in [0.5, 0.6) is 0 Å².